The summed E-state index contributed by atoms with van der Waals surface area (Å²) >= 11 is 1.62. The number of ether oxygens (including phenoxy) is 1. The van der Waals surface area contributed by atoms with Gasteiger partial charge in [0.25, 0.3) is 0 Å². The number of carbonyl (C=O) groups excluding carboxylic acids is 1. The first kappa shape index (κ1) is 14.3. The Bertz CT molecular complexity index is 442. The molecule has 1 saturated heterocycles. The van der Waals surface area contributed by atoms with Gasteiger partial charge in [-0.2, -0.15) is 0 Å². The van der Waals surface area contributed by atoms with Gasteiger partial charge in [0.05, 0.1) is 19.2 Å². The molecule has 0 N–H and O–H groups in total. The summed E-state index contributed by atoms with van der Waals surface area (Å²) in [6, 6.07) is 0. The first-order valence-corrected chi connectivity index (χ1v) is 7.64. The van der Waals surface area contributed by atoms with E-state index < -0.39 is 0 Å². The van der Waals surface area contributed by atoms with Gasteiger partial charge in [-0.25, -0.2) is 4.98 Å². The monoisotopic (exact) mass is 282 g/mol. The highest BCUT2D eigenvalue weighted by atomic mass is 32.1. The Labute approximate surface area is 118 Å². The minimum Gasteiger partial charge on any atom is -0.469 e. The third-order valence-electron chi connectivity index (χ3n) is 3.70. The molecule has 2 heterocycles. The summed E-state index contributed by atoms with van der Waals surface area (Å²) in [5, 5.41) is 3.00. The van der Waals surface area contributed by atoms with Gasteiger partial charge >= 0.3 is 5.97 Å². The minimum atomic E-state index is -0.228. The zero-order valence-corrected chi connectivity index (χ0v) is 12.8. The van der Waals surface area contributed by atoms with Gasteiger partial charge < -0.3 is 9.64 Å². The summed E-state index contributed by atoms with van der Waals surface area (Å²) in [5.41, 5.74) is 1.25. The molecule has 5 heteroatoms. The summed E-state index contributed by atoms with van der Waals surface area (Å²) in [5.74, 6) is -0.228. The second-order valence-corrected chi connectivity index (χ2v) is 6.72. The van der Waals surface area contributed by atoms with Crippen molar-refractivity contribution >= 4 is 22.4 Å². The summed E-state index contributed by atoms with van der Waals surface area (Å²) in [4.78, 5) is 18.1. The fraction of sp³-hybridized carbons (Fsp3) is 0.714. The smallest absolute Gasteiger partial charge is 0.311 e. The van der Waals surface area contributed by atoms with E-state index in [9.17, 15) is 4.79 Å². The van der Waals surface area contributed by atoms with E-state index in [1.54, 1.807) is 11.3 Å². The highest BCUT2D eigenvalue weighted by Crippen LogP contribution is 2.32. The zero-order valence-electron chi connectivity index (χ0n) is 11.9. The van der Waals surface area contributed by atoms with Crippen LogP contribution < -0.4 is 4.90 Å². The Morgan fingerprint density at radius 3 is 3.00 bits per heavy atom. The SMILES string of the molecule is COC(=O)Cc1csc(N2CCCC(C)(C)CC2)n1. The second kappa shape index (κ2) is 5.90. The molecule has 0 aliphatic carbocycles. The topological polar surface area (TPSA) is 42.4 Å². The Balaban J connectivity index is 2.00. The van der Waals surface area contributed by atoms with E-state index in [1.165, 1.54) is 26.4 Å². The van der Waals surface area contributed by atoms with Crippen molar-refractivity contribution in [3.63, 3.8) is 0 Å². The maximum absolute atomic E-state index is 11.2. The van der Waals surface area contributed by atoms with E-state index in [0.29, 0.717) is 5.41 Å². The van der Waals surface area contributed by atoms with Crippen molar-refractivity contribution < 1.29 is 9.53 Å². The van der Waals surface area contributed by atoms with Crippen molar-refractivity contribution in [1.29, 1.82) is 0 Å². The Morgan fingerprint density at radius 1 is 1.47 bits per heavy atom. The number of nitrogens with zero attached hydrogens (tertiary/aromatic N) is 2. The third-order valence-corrected chi connectivity index (χ3v) is 4.65. The molecule has 1 aromatic heterocycles. The highest BCUT2D eigenvalue weighted by Gasteiger charge is 2.24. The Kier molecular flexibility index (Phi) is 4.45. The third kappa shape index (κ3) is 3.93. The first-order chi connectivity index (χ1) is 9.00. The van der Waals surface area contributed by atoms with Crippen molar-refractivity contribution in [2.24, 2.45) is 5.41 Å². The van der Waals surface area contributed by atoms with Crippen LogP contribution in [0.4, 0.5) is 5.13 Å². The van der Waals surface area contributed by atoms with Crippen LogP contribution in [-0.4, -0.2) is 31.2 Å². The van der Waals surface area contributed by atoms with E-state index >= 15 is 0 Å². The number of aromatic nitrogens is 1. The number of hydrogen-bond acceptors (Lipinski definition) is 5. The van der Waals surface area contributed by atoms with Crippen LogP contribution in [0, 0.1) is 5.41 Å². The standard InChI is InChI=1S/C14H22N2O2S/c1-14(2)5-4-7-16(8-6-14)13-15-11(10-19-13)9-12(17)18-3/h10H,4-9H2,1-3H3. The lowest BCUT2D eigenvalue weighted by Gasteiger charge is -2.22. The van der Waals surface area contributed by atoms with Gasteiger partial charge in [0.1, 0.15) is 0 Å². The predicted molar refractivity (Wildman–Crippen MR) is 77.7 cm³/mol. The molecular formula is C14H22N2O2S. The van der Waals surface area contributed by atoms with Crippen LogP contribution in [0.3, 0.4) is 0 Å². The van der Waals surface area contributed by atoms with Crippen LogP contribution in [-0.2, 0) is 16.0 Å². The molecule has 0 atom stereocenters. The number of esters is 1. The lowest BCUT2D eigenvalue weighted by Crippen LogP contribution is -2.24. The van der Waals surface area contributed by atoms with Gasteiger partial charge in [-0.05, 0) is 24.7 Å². The molecule has 0 unspecified atom stereocenters. The number of hydrogen-bond donors (Lipinski definition) is 0. The van der Waals surface area contributed by atoms with Crippen molar-refractivity contribution in [3.8, 4) is 0 Å². The van der Waals surface area contributed by atoms with Crippen molar-refractivity contribution in [2.75, 3.05) is 25.1 Å². The van der Waals surface area contributed by atoms with E-state index in [1.807, 2.05) is 5.38 Å². The molecule has 0 spiro atoms. The van der Waals surface area contributed by atoms with Crippen LogP contribution in [0.1, 0.15) is 38.8 Å². The van der Waals surface area contributed by atoms with Crippen LogP contribution >= 0.6 is 11.3 Å². The summed E-state index contributed by atoms with van der Waals surface area (Å²) < 4.78 is 4.67. The summed E-state index contributed by atoms with van der Waals surface area (Å²) in [7, 11) is 1.41. The van der Waals surface area contributed by atoms with E-state index in [4.69, 9.17) is 0 Å². The lowest BCUT2D eigenvalue weighted by molar-refractivity contribution is -0.139. The molecule has 2 rings (SSSR count). The number of carbonyl (C=O) groups is 1. The van der Waals surface area contributed by atoms with Gasteiger partial charge in [0.2, 0.25) is 0 Å². The molecule has 0 amide bonds. The molecule has 4 nitrogen and oxygen atoms in total. The highest BCUT2D eigenvalue weighted by molar-refractivity contribution is 7.13. The molecule has 1 fully saturated rings. The van der Waals surface area contributed by atoms with E-state index in [-0.39, 0.29) is 12.4 Å². The maximum Gasteiger partial charge on any atom is 0.311 e. The molecule has 0 bridgehead atoms. The molecule has 19 heavy (non-hydrogen) atoms. The normalized spacial score (nSPS) is 19.0. The largest absolute Gasteiger partial charge is 0.469 e. The fourth-order valence-corrected chi connectivity index (χ4v) is 3.24. The lowest BCUT2D eigenvalue weighted by atomic mass is 9.85. The minimum absolute atomic E-state index is 0.228. The molecule has 1 aliphatic rings. The summed E-state index contributed by atoms with van der Waals surface area (Å²) in [6.07, 6.45) is 3.94. The second-order valence-electron chi connectivity index (χ2n) is 5.88. The average molecular weight is 282 g/mol. The van der Waals surface area contributed by atoms with Crippen LogP contribution in [0.15, 0.2) is 5.38 Å². The Morgan fingerprint density at radius 2 is 2.26 bits per heavy atom. The fourth-order valence-electron chi connectivity index (χ4n) is 2.36. The molecule has 0 aromatic carbocycles. The van der Waals surface area contributed by atoms with E-state index in [2.05, 4.69) is 28.5 Å². The van der Waals surface area contributed by atoms with Gasteiger partial charge in [-0.15, -0.1) is 11.3 Å². The first-order valence-electron chi connectivity index (χ1n) is 6.76. The van der Waals surface area contributed by atoms with Crippen molar-refractivity contribution in [2.45, 2.75) is 39.5 Å². The van der Waals surface area contributed by atoms with Crippen LogP contribution in [0.5, 0.6) is 0 Å². The molecular weight excluding hydrogens is 260 g/mol. The molecule has 1 aliphatic heterocycles. The van der Waals surface area contributed by atoms with Gasteiger partial charge in [0.15, 0.2) is 5.13 Å². The summed E-state index contributed by atoms with van der Waals surface area (Å²) in [6.45, 7) is 6.79. The van der Waals surface area contributed by atoms with Crippen LogP contribution in [0.2, 0.25) is 0 Å². The van der Waals surface area contributed by atoms with Gasteiger partial charge in [-0.3, -0.25) is 4.79 Å². The maximum atomic E-state index is 11.2. The number of anilines is 1. The number of rotatable bonds is 3. The molecule has 106 valence electrons. The van der Waals surface area contributed by atoms with Gasteiger partial charge in [0, 0.05) is 18.5 Å². The van der Waals surface area contributed by atoms with Gasteiger partial charge in [-0.1, -0.05) is 13.8 Å². The Hall–Kier alpha value is -1.10. The molecule has 1 aromatic rings. The zero-order chi connectivity index (χ0) is 13.9. The quantitative estimate of drug-likeness (QED) is 0.800. The molecule has 0 saturated carbocycles. The van der Waals surface area contributed by atoms with Crippen LogP contribution in [0.25, 0.3) is 0 Å². The number of thiazole rings is 1. The number of methoxy groups -OCH3 is 1. The van der Waals surface area contributed by atoms with Crippen molar-refractivity contribution in [1.82, 2.24) is 4.98 Å². The van der Waals surface area contributed by atoms with Crippen molar-refractivity contribution in [3.05, 3.63) is 11.1 Å². The van der Waals surface area contributed by atoms with E-state index in [0.717, 1.165) is 23.9 Å². The average Bonchev–Trinajstić information content (AvgIpc) is 2.73. The molecule has 0 radical (unpaired) electrons. The predicted octanol–water partition coefficient (Wildman–Crippen LogP) is 2.88.